The molecule has 1 saturated carbocycles. The lowest BCUT2D eigenvalue weighted by atomic mass is 9.94. The van der Waals surface area contributed by atoms with Gasteiger partial charge in [0.05, 0.1) is 6.42 Å². The molecule has 1 atom stereocenters. The summed E-state index contributed by atoms with van der Waals surface area (Å²) in [4.78, 5) is 29.2. The topological polar surface area (TPSA) is 49.4 Å². The van der Waals surface area contributed by atoms with Crippen molar-refractivity contribution >= 4 is 35.0 Å². The van der Waals surface area contributed by atoms with Crippen molar-refractivity contribution in [3.63, 3.8) is 0 Å². The van der Waals surface area contributed by atoms with Crippen LogP contribution in [-0.2, 0) is 29.0 Å². The molecule has 0 aliphatic heterocycles. The Morgan fingerprint density at radius 1 is 0.919 bits per heavy atom. The van der Waals surface area contributed by atoms with Crippen molar-refractivity contribution < 1.29 is 14.0 Å². The molecule has 4 rings (SSSR count). The van der Waals surface area contributed by atoms with Crippen molar-refractivity contribution in [3.05, 3.63) is 105 Å². The molecule has 0 heterocycles. The maximum atomic E-state index is 13.8. The summed E-state index contributed by atoms with van der Waals surface area (Å²) in [7, 11) is 0. The highest BCUT2D eigenvalue weighted by molar-refractivity contribution is 6.35. The standard InChI is InChI=1S/C30H31Cl2FN2O2/c31-24-14-13-23(27(32)19-24)18-29(36)35(20-22-11-15-25(33)16-12-22)28(17-21-7-3-1-4-8-21)30(37)34-26-9-5-2-6-10-26/h1,3-4,7-8,11-16,19,26,28H,2,5-6,9-10,17-18,20H2,(H,34,37). The summed E-state index contributed by atoms with van der Waals surface area (Å²) in [6, 6.07) is 20.1. The second-order valence-electron chi connectivity index (χ2n) is 9.61. The van der Waals surface area contributed by atoms with E-state index >= 15 is 0 Å². The summed E-state index contributed by atoms with van der Waals surface area (Å²) in [6.45, 7) is 0.167. The third-order valence-electron chi connectivity index (χ3n) is 6.85. The van der Waals surface area contributed by atoms with Gasteiger partial charge < -0.3 is 10.2 Å². The molecule has 1 fully saturated rings. The predicted octanol–water partition coefficient (Wildman–Crippen LogP) is 6.76. The van der Waals surface area contributed by atoms with Crippen molar-refractivity contribution in [1.82, 2.24) is 10.2 Å². The Kier molecular flexibility index (Phi) is 9.59. The number of hydrogen-bond acceptors (Lipinski definition) is 2. The van der Waals surface area contributed by atoms with Gasteiger partial charge in [0.15, 0.2) is 0 Å². The Balaban J connectivity index is 1.66. The van der Waals surface area contributed by atoms with Crippen LogP contribution >= 0.6 is 23.2 Å². The van der Waals surface area contributed by atoms with Gasteiger partial charge in [-0.3, -0.25) is 9.59 Å². The Morgan fingerprint density at radius 3 is 2.30 bits per heavy atom. The molecule has 1 aliphatic carbocycles. The highest BCUT2D eigenvalue weighted by Gasteiger charge is 2.32. The minimum Gasteiger partial charge on any atom is -0.352 e. The first-order valence-corrected chi connectivity index (χ1v) is 13.5. The van der Waals surface area contributed by atoms with Gasteiger partial charge in [-0.1, -0.05) is 91.0 Å². The van der Waals surface area contributed by atoms with Crippen molar-refractivity contribution in [3.8, 4) is 0 Å². The maximum absolute atomic E-state index is 13.8. The predicted molar refractivity (Wildman–Crippen MR) is 146 cm³/mol. The molecule has 3 aromatic carbocycles. The number of carbonyl (C=O) groups is 2. The number of amides is 2. The lowest BCUT2D eigenvalue weighted by Gasteiger charge is -2.33. The number of halogens is 3. The first-order chi connectivity index (χ1) is 17.9. The Bertz CT molecular complexity index is 1200. The van der Waals surface area contributed by atoms with Crippen LogP contribution in [0.5, 0.6) is 0 Å². The van der Waals surface area contributed by atoms with E-state index < -0.39 is 6.04 Å². The number of rotatable bonds is 9. The Labute approximate surface area is 227 Å². The number of carbonyl (C=O) groups excluding carboxylic acids is 2. The highest BCUT2D eigenvalue weighted by Crippen LogP contribution is 2.24. The largest absolute Gasteiger partial charge is 0.352 e. The summed E-state index contributed by atoms with van der Waals surface area (Å²) in [5.74, 6) is -0.771. The zero-order valence-electron chi connectivity index (χ0n) is 20.6. The third kappa shape index (κ3) is 7.80. The molecular formula is C30H31Cl2FN2O2. The fourth-order valence-electron chi connectivity index (χ4n) is 4.81. The fraction of sp³-hybridized carbons (Fsp3) is 0.333. The Morgan fingerprint density at radius 2 is 1.62 bits per heavy atom. The van der Waals surface area contributed by atoms with Gasteiger partial charge in [0, 0.05) is 29.1 Å². The van der Waals surface area contributed by atoms with E-state index in [1.54, 1.807) is 35.2 Å². The van der Waals surface area contributed by atoms with Crippen LogP contribution < -0.4 is 5.32 Å². The van der Waals surface area contributed by atoms with E-state index in [4.69, 9.17) is 23.2 Å². The van der Waals surface area contributed by atoms with Gasteiger partial charge in [-0.2, -0.15) is 0 Å². The van der Waals surface area contributed by atoms with E-state index in [1.807, 2.05) is 30.3 Å². The molecule has 7 heteroatoms. The molecule has 0 saturated heterocycles. The van der Waals surface area contributed by atoms with E-state index in [-0.39, 0.29) is 36.6 Å². The number of hydrogen-bond donors (Lipinski definition) is 1. The molecule has 3 aromatic rings. The summed E-state index contributed by atoms with van der Waals surface area (Å²) in [6.07, 6.45) is 5.60. The third-order valence-corrected chi connectivity index (χ3v) is 7.43. The van der Waals surface area contributed by atoms with E-state index in [2.05, 4.69) is 5.32 Å². The molecule has 0 spiro atoms. The molecule has 1 unspecified atom stereocenters. The molecule has 37 heavy (non-hydrogen) atoms. The SMILES string of the molecule is O=C(NC1CCCCC1)C(Cc1ccccc1)N(Cc1ccc(F)cc1)C(=O)Cc1ccc(Cl)cc1Cl. The summed E-state index contributed by atoms with van der Waals surface area (Å²) < 4.78 is 13.6. The fourth-order valence-corrected chi connectivity index (χ4v) is 5.29. The molecule has 2 amide bonds. The zero-order valence-corrected chi connectivity index (χ0v) is 22.1. The zero-order chi connectivity index (χ0) is 26.2. The van der Waals surface area contributed by atoms with Gasteiger partial charge in [-0.25, -0.2) is 4.39 Å². The van der Waals surface area contributed by atoms with Crippen LogP contribution in [-0.4, -0.2) is 28.8 Å². The molecule has 4 nitrogen and oxygen atoms in total. The monoisotopic (exact) mass is 540 g/mol. The first-order valence-electron chi connectivity index (χ1n) is 12.7. The molecule has 1 N–H and O–H groups in total. The average molecular weight is 541 g/mol. The molecule has 0 radical (unpaired) electrons. The number of nitrogens with one attached hydrogen (secondary N) is 1. The molecule has 0 bridgehead atoms. The molecule has 1 aliphatic rings. The van der Waals surface area contributed by atoms with Gasteiger partial charge in [-0.05, 0) is 53.8 Å². The Hall–Kier alpha value is -2.89. The van der Waals surface area contributed by atoms with Gasteiger partial charge in [0.1, 0.15) is 11.9 Å². The van der Waals surface area contributed by atoms with Crippen LogP contribution in [0.4, 0.5) is 4.39 Å². The minimum atomic E-state index is -0.743. The van der Waals surface area contributed by atoms with Crippen LogP contribution in [0.3, 0.4) is 0 Å². The first kappa shape index (κ1) is 27.2. The van der Waals surface area contributed by atoms with Crippen LogP contribution in [0, 0.1) is 5.82 Å². The van der Waals surface area contributed by atoms with Crippen molar-refractivity contribution in [1.29, 1.82) is 0 Å². The average Bonchev–Trinajstić information content (AvgIpc) is 2.90. The van der Waals surface area contributed by atoms with Gasteiger partial charge in [0.2, 0.25) is 11.8 Å². The molecule has 194 valence electrons. The normalized spacial score (nSPS) is 14.7. The lowest BCUT2D eigenvalue weighted by molar-refractivity contribution is -0.141. The summed E-state index contributed by atoms with van der Waals surface area (Å²) >= 11 is 12.4. The van der Waals surface area contributed by atoms with Crippen LogP contribution in [0.2, 0.25) is 10.0 Å². The van der Waals surface area contributed by atoms with Crippen molar-refractivity contribution in [2.75, 3.05) is 0 Å². The van der Waals surface area contributed by atoms with Crippen LogP contribution in [0.25, 0.3) is 0 Å². The van der Waals surface area contributed by atoms with Crippen molar-refractivity contribution in [2.24, 2.45) is 0 Å². The lowest BCUT2D eigenvalue weighted by Crippen LogP contribution is -2.53. The van der Waals surface area contributed by atoms with Gasteiger partial charge in [0.25, 0.3) is 0 Å². The quantitative estimate of drug-likeness (QED) is 0.325. The smallest absolute Gasteiger partial charge is 0.243 e. The van der Waals surface area contributed by atoms with Gasteiger partial charge in [-0.15, -0.1) is 0 Å². The minimum absolute atomic E-state index is 0.0131. The van der Waals surface area contributed by atoms with E-state index in [1.165, 1.54) is 18.6 Å². The van der Waals surface area contributed by atoms with Crippen LogP contribution in [0.1, 0.15) is 48.8 Å². The maximum Gasteiger partial charge on any atom is 0.243 e. The van der Waals surface area contributed by atoms with E-state index in [0.717, 1.165) is 36.8 Å². The van der Waals surface area contributed by atoms with E-state index in [0.29, 0.717) is 22.0 Å². The van der Waals surface area contributed by atoms with Crippen LogP contribution in [0.15, 0.2) is 72.8 Å². The summed E-state index contributed by atoms with van der Waals surface area (Å²) in [5.41, 5.74) is 2.32. The van der Waals surface area contributed by atoms with E-state index in [9.17, 15) is 14.0 Å². The summed E-state index contributed by atoms with van der Waals surface area (Å²) in [5, 5.41) is 4.10. The molecular weight excluding hydrogens is 510 g/mol. The van der Waals surface area contributed by atoms with Crippen molar-refractivity contribution in [2.45, 2.75) is 63.6 Å². The number of benzene rings is 3. The second-order valence-corrected chi connectivity index (χ2v) is 10.5. The van der Waals surface area contributed by atoms with Gasteiger partial charge >= 0.3 is 0 Å². The highest BCUT2D eigenvalue weighted by atomic mass is 35.5. The second kappa shape index (κ2) is 13.1. The number of nitrogens with zero attached hydrogens (tertiary/aromatic N) is 1. The molecule has 0 aromatic heterocycles.